The van der Waals surface area contributed by atoms with Crippen LogP contribution in [0.1, 0.15) is 44.4 Å². The summed E-state index contributed by atoms with van der Waals surface area (Å²) in [6, 6.07) is 3.95. The first-order valence-corrected chi connectivity index (χ1v) is 6.40. The Labute approximate surface area is 105 Å². The molecule has 1 aromatic carbocycles. The fourth-order valence-electron chi connectivity index (χ4n) is 2.52. The second-order valence-electron chi connectivity index (χ2n) is 4.91. The van der Waals surface area contributed by atoms with Crippen molar-refractivity contribution in [1.29, 1.82) is 0 Å². The summed E-state index contributed by atoms with van der Waals surface area (Å²) in [6.45, 7) is 6.92. The molecule has 0 heterocycles. The molecule has 1 aromatic rings. The van der Waals surface area contributed by atoms with Crippen LogP contribution in [0, 0.1) is 0 Å². The lowest BCUT2D eigenvalue weighted by Crippen LogP contribution is -2.13. The van der Waals surface area contributed by atoms with Crippen molar-refractivity contribution in [2.45, 2.75) is 38.7 Å². The van der Waals surface area contributed by atoms with Gasteiger partial charge in [-0.15, -0.1) is 0 Å². The number of hydrogen-bond donors (Lipinski definition) is 1. The lowest BCUT2D eigenvalue weighted by Gasteiger charge is -2.20. The summed E-state index contributed by atoms with van der Waals surface area (Å²) in [5.74, 6) is 0.824. The van der Waals surface area contributed by atoms with Crippen molar-refractivity contribution < 1.29 is 9.84 Å². The van der Waals surface area contributed by atoms with Crippen LogP contribution in [0.4, 0.5) is 0 Å². The van der Waals surface area contributed by atoms with Crippen molar-refractivity contribution in [3.8, 4) is 5.75 Å². The molecule has 0 aromatic heterocycles. The van der Waals surface area contributed by atoms with E-state index in [0.29, 0.717) is 6.61 Å². The average molecular weight is 285 g/mol. The van der Waals surface area contributed by atoms with Gasteiger partial charge in [0.15, 0.2) is 0 Å². The lowest BCUT2D eigenvalue weighted by atomic mass is 9.86. The molecular formula is C13H17BrO2. The minimum Gasteiger partial charge on any atom is -0.494 e. The van der Waals surface area contributed by atoms with Crippen molar-refractivity contribution in [2.24, 2.45) is 0 Å². The highest BCUT2D eigenvalue weighted by atomic mass is 79.9. The number of hydrogen-bond acceptors (Lipinski definition) is 2. The molecule has 1 N–H and O–H groups in total. The smallest absolute Gasteiger partial charge is 0.120 e. The van der Waals surface area contributed by atoms with Gasteiger partial charge < -0.3 is 9.84 Å². The van der Waals surface area contributed by atoms with Gasteiger partial charge >= 0.3 is 0 Å². The summed E-state index contributed by atoms with van der Waals surface area (Å²) in [5, 5.41) is 10.1. The van der Waals surface area contributed by atoms with Crippen LogP contribution >= 0.6 is 15.9 Å². The van der Waals surface area contributed by atoms with Crippen molar-refractivity contribution in [2.75, 3.05) is 6.61 Å². The highest BCUT2D eigenvalue weighted by Gasteiger charge is 2.38. The number of halogens is 1. The van der Waals surface area contributed by atoms with Crippen LogP contribution < -0.4 is 4.74 Å². The van der Waals surface area contributed by atoms with Crippen molar-refractivity contribution in [1.82, 2.24) is 0 Å². The predicted molar refractivity (Wildman–Crippen MR) is 67.9 cm³/mol. The summed E-state index contributed by atoms with van der Waals surface area (Å²) in [5.41, 5.74) is 2.24. The van der Waals surface area contributed by atoms with E-state index in [-0.39, 0.29) is 11.5 Å². The Morgan fingerprint density at radius 2 is 2.19 bits per heavy atom. The van der Waals surface area contributed by atoms with E-state index in [4.69, 9.17) is 4.74 Å². The molecule has 0 bridgehead atoms. The molecule has 16 heavy (non-hydrogen) atoms. The summed E-state index contributed by atoms with van der Waals surface area (Å²) in [7, 11) is 0. The first-order valence-electron chi connectivity index (χ1n) is 5.60. The third-order valence-corrected chi connectivity index (χ3v) is 3.77. The van der Waals surface area contributed by atoms with E-state index in [1.807, 2.05) is 19.1 Å². The molecule has 0 spiro atoms. The molecular weight excluding hydrogens is 268 g/mol. The third kappa shape index (κ3) is 1.87. The molecule has 0 radical (unpaired) electrons. The van der Waals surface area contributed by atoms with Gasteiger partial charge in [0.2, 0.25) is 0 Å². The maximum absolute atomic E-state index is 10.1. The predicted octanol–water partition coefficient (Wildman–Crippen LogP) is 3.56. The van der Waals surface area contributed by atoms with E-state index in [0.717, 1.165) is 22.2 Å². The second-order valence-corrected chi connectivity index (χ2v) is 5.76. The molecule has 2 nitrogen and oxygen atoms in total. The van der Waals surface area contributed by atoms with Crippen LogP contribution in [-0.2, 0) is 5.41 Å². The zero-order chi connectivity index (χ0) is 11.9. The molecule has 3 heteroatoms. The number of ether oxygens (including phenoxy) is 1. The van der Waals surface area contributed by atoms with Gasteiger partial charge in [0.1, 0.15) is 5.75 Å². The Hall–Kier alpha value is -0.540. The molecule has 0 saturated heterocycles. The first-order chi connectivity index (χ1) is 7.45. The Balaban J connectivity index is 2.53. The van der Waals surface area contributed by atoms with Gasteiger partial charge in [-0.2, -0.15) is 0 Å². The third-order valence-electron chi connectivity index (χ3n) is 3.14. The highest BCUT2D eigenvalue weighted by molar-refractivity contribution is 9.10. The summed E-state index contributed by atoms with van der Waals surface area (Å²) < 4.78 is 6.52. The van der Waals surface area contributed by atoms with E-state index in [2.05, 4.69) is 29.8 Å². The second kappa shape index (κ2) is 4.04. The summed E-state index contributed by atoms with van der Waals surface area (Å²) in [4.78, 5) is 0. The van der Waals surface area contributed by atoms with Crippen LogP contribution in [0.25, 0.3) is 0 Å². The van der Waals surface area contributed by atoms with Gasteiger partial charge in [-0.1, -0.05) is 29.8 Å². The van der Waals surface area contributed by atoms with Gasteiger partial charge in [0, 0.05) is 4.47 Å². The molecule has 0 aliphatic heterocycles. The van der Waals surface area contributed by atoms with E-state index < -0.39 is 0 Å². The van der Waals surface area contributed by atoms with Crippen LogP contribution in [-0.4, -0.2) is 11.7 Å². The number of rotatable bonds is 2. The summed E-state index contributed by atoms with van der Waals surface area (Å²) >= 11 is 3.58. The monoisotopic (exact) mass is 284 g/mol. The minimum absolute atomic E-state index is 0.0261. The SMILES string of the molecule is CCOc1cc(Br)c2c(c1)[C@@H](O)CC2(C)C. The normalized spacial score (nSPS) is 21.9. The molecule has 0 fully saturated rings. The molecule has 2 rings (SSSR count). The fourth-order valence-corrected chi connectivity index (χ4v) is 3.52. The van der Waals surface area contributed by atoms with Crippen molar-refractivity contribution >= 4 is 15.9 Å². The molecule has 1 aliphatic carbocycles. The minimum atomic E-state index is -0.373. The van der Waals surface area contributed by atoms with Gasteiger partial charge in [0.05, 0.1) is 12.7 Å². The van der Waals surface area contributed by atoms with Crippen LogP contribution in [0.15, 0.2) is 16.6 Å². The van der Waals surface area contributed by atoms with Crippen LogP contribution in [0.2, 0.25) is 0 Å². The maximum Gasteiger partial charge on any atom is 0.120 e. The topological polar surface area (TPSA) is 29.5 Å². The standard InChI is InChI=1S/C13H17BrO2/c1-4-16-8-5-9-11(15)7-13(2,3)12(9)10(14)6-8/h5-6,11,15H,4,7H2,1-3H3/t11-/m0/s1. The van der Waals surface area contributed by atoms with Crippen LogP contribution in [0.3, 0.4) is 0 Å². The van der Waals surface area contributed by atoms with Gasteiger partial charge in [-0.25, -0.2) is 0 Å². The Kier molecular flexibility index (Phi) is 3.01. The molecule has 1 aliphatic rings. The molecule has 0 amide bonds. The quantitative estimate of drug-likeness (QED) is 0.900. The van der Waals surface area contributed by atoms with Gasteiger partial charge in [0.25, 0.3) is 0 Å². The molecule has 1 atom stereocenters. The van der Waals surface area contributed by atoms with Crippen molar-refractivity contribution in [3.05, 3.63) is 27.7 Å². The van der Waals surface area contributed by atoms with Crippen LogP contribution in [0.5, 0.6) is 5.75 Å². The number of aliphatic hydroxyl groups is 1. The maximum atomic E-state index is 10.1. The largest absolute Gasteiger partial charge is 0.494 e. The van der Waals surface area contributed by atoms with Gasteiger partial charge in [-0.3, -0.25) is 0 Å². The van der Waals surface area contributed by atoms with Crippen molar-refractivity contribution in [3.63, 3.8) is 0 Å². The van der Waals surface area contributed by atoms with E-state index in [1.54, 1.807) is 0 Å². The number of fused-ring (bicyclic) bond motifs is 1. The zero-order valence-electron chi connectivity index (χ0n) is 9.88. The molecule has 88 valence electrons. The molecule has 0 saturated carbocycles. The first kappa shape index (κ1) is 11.9. The highest BCUT2D eigenvalue weighted by Crippen LogP contribution is 2.49. The zero-order valence-corrected chi connectivity index (χ0v) is 11.5. The van der Waals surface area contributed by atoms with E-state index >= 15 is 0 Å². The Morgan fingerprint density at radius 1 is 1.50 bits per heavy atom. The fraction of sp³-hybridized carbons (Fsp3) is 0.538. The number of aliphatic hydroxyl groups excluding tert-OH is 1. The Morgan fingerprint density at radius 3 is 2.81 bits per heavy atom. The lowest BCUT2D eigenvalue weighted by molar-refractivity contribution is 0.161. The summed E-state index contributed by atoms with van der Waals surface area (Å²) in [6.07, 6.45) is 0.401. The van der Waals surface area contributed by atoms with E-state index in [1.165, 1.54) is 5.56 Å². The average Bonchev–Trinajstić information content (AvgIpc) is 2.37. The Bertz CT molecular complexity index is 413. The van der Waals surface area contributed by atoms with E-state index in [9.17, 15) is 5.11 Å². The van der Waals surface area contributed by atoms with Gasteiger partial charge in [-0.05, 0) is 42.0 Å². The number of benzene rings is 1. The molecule has 0 unspecified atom stereocenters.